The van der Waals surface area contributed by atoms with Crippen LogP contribution >= 0.6 is 0 Å². The Bertz CT molecular complexity index is 511. The Labute approximate surface area is 107 Å². The molecule has 0 aliphatic heterocycles. The Hall–Kier alpha value is -1.56. The molecule has 0 aromatic heterocycles. The first-order valence-electron chi connectivity index (χ1n) is 5.76. The predicted octanol–water partition coefficient (Wildman–Crippen LogP) is 1.55. The van der Waals surface area contributed by atoms with Crippen LogP contribution in [-0.4, -0.2) is 26.7 Å². The summed E-state index contributed by atoms with van der Waals surface area (Å²) in [6.45, 7) is 3.94. The van der Waals surface area contributed by atoms with Gasteiger partial charge in [-0.25, -0.2) is 13.1 Å². The highest BCUT2D eigenvalue weighted by Crippen LogP contribution is 2.17. The number of ether oxygens (including phenoxy) is 1. The summed E-state index contributed by atoms with van der Waals surface area (Å²) < 4.78 is 30.3. The van der Waals surface area contributed by atoms with E-state index in [4.69, 9.17) is 4.74 Å². The summed E-state index contributed by atoms with van der Waals surface area (Å²) in [5, 5.41) is 0. The maximum atomic E-state index is 11.9. The van der Waals surface area contributed by atoms with Crippen molar-refractivity contribution in [2.24, 2.45) is 0 Å². The van der Waals surface area contributed by atoms with E-state index in [1.54, 1.807) is 32.0 Å². The molecule has 1 aromatic carbocycles. The third-order valence-electron chi connectivity index (χ3n) is 2.15. The molecule has 0 saturated heterocycles. The van der Waals surface area contributed by atoms with Crippen molar-refractivity contribution in [1.82, 2.24) is 4.72 Å². The van der Waals surface area contributed by atoms with Gasteiger partial charge in [-0.15, -0.1) is 0 Å². The van der Waals surface area contributed by atoms with Gasteiger partial charge in [0.2, 0.25) is 10.0 Å². The van der Waals surface area contributed by atoms with E-state index >= 15 is 0 Å². The number of benzene rings is 1. The maximum absolute atomic E-state index is 11.9. The van der Waals surface area contributed by atoms with Gasteiger partial charge in [0.15, 0.2) is 0 Å². The molecule has 0 saturated carbocycles. The van der Waals surface area contributed by atoms with E-state index in [0.29, 0.717) is 18.8 Å². The molecule has 18 heavy (non-hydrogen) atoms. The van der Waals surface area contributed by atoms with Crippen molar-refractivity contribution in [3.8, 4) is 5.75 Å². The number of carbonyl (C=O) groups excluding carboxylic acids is 1. The van der Waals surface area contributed by atoms with Gasteiger partial charge in [0.05, 0.1) is 17.9 Å². The largest absolute Gasteiger partial charge is 0.493 e. The van der Waals surface area contributed by atoms with Gasteiger partial charge < -0.3 is 4.74 Å². The van der Waals surface area contributed by atoms with E-state index in [1.165, 1.54) is 6.07 Å². The van der Waals surface area contributed by atoms with Crippen molar-refractivity contribution in [1.29, 1.82) is 0 Å². The van der Waals surface area contributed by atoms with Crippen LogP contribution in [0.3, 0.4) is 0 Å². The van der Waals surface area contributed by atoms with E-state index < -0.39 is 15.9 Å². The average molecular weight is 271 g/mol. The van der Waals surface area contributed by atoms with Crippen molar-refractivity contribution in [3.05, 3.63) is 29.8 Å². The quantitative estimate of drug-likeness (QED) is 0.852. The normalized spacial score (nSPS) is 11.0. The number of nitrogens with one attached hydrogen (secondary N) is 1. The van der Waals surface area contributed by atoms with E-state index in [9.17, 15) is 13.2 Å². The minimum absolute atomic E-state index is 0.0739. The molecular formula is C12H17NO4S. The van der Waals surface area contributed by atoms with Gasteiger partial charge in [-0.1, -0.05) is 19.1 Å². The van der Waals surface area contributed by atoms with Crippen LogP contribution in [-0.2, 0) is 10.0 Å². The summed E-state index contributed by atoms with van der Waals surface area (Å²) in [6, 6.07) is 6.54. The molecule has 1 N–H and O–H groups in total. The fourth-order valence-corrected chi connectivity index (χ4v) is 2.48. The summed E-state index contributed by atoms with van der Waals surface area (Å²) in [5.74, 6) is -0.355. The molecule has 6 heteroatoms. The molecule has 0 radical (unpaired) electrons. The molecule has 0 heterocycles. The zero-order valence-corrected chi connectivity index (χ0v) is 11.3. The first-order chi connectivity index (χ1) is 8.50. The minimum atomic E-state index is -3.57. The van der Waals surface area contributed by atoms with Crippen LogP contribution in [0.4, 0.5) is 0 Å². The molecule has 1 rings (SSSR count). The van der Waals surface area contributed by atoms with Crippen LogP contribution in [0.1, 0.15) is 30.6 Å². The lowest BCUT2D eigenvalue weighted by molar-refractivity contribution is 0.0977. The van der Waals surface area contributed by atoms with Gasteiger partial charge in [0.25, 0.3) is 5.91 Å². The summed E-state index contributed by atoms with van der Waals surface area (Å²) in [7, 11) is -3.57. The first-order valence-corrected chi connectivity index (χ1v) is 7.42. The molecular weight excluding hydrogens is 254 g/mol. The zero-order valence-electron chi connectivity index (χ0n) is 10.5. The highest BCUT2D eigenvalue weighted by Gasteiger charge is 2.18. The van der Waals surface area contributed by atoms with Gasteiger partial charge in [0, 0.05) is 0 Å². The van der Waals surface area contributed by atoms with Gasteiger partial charge in [-0.2, -0.15) is 0 Å². The number of para-hydroxylation sites is 1. The fraction of sp³-hybridized carbons (Fsp3) is 0.417. The maximum Gasteiger partial charge on any atom is 0.268 e. The second kappa shape index (κ2) is 6.39. The molecule has 0 spiro atoms. The van der Waals surface area contributed by atoms with Crippen LogP contribution in [0.5, 0.6) is 5.75 Å². The highest BCUT2D eigenvalue weighted by molar-refractivity contribution is 7.90. The molecule has 100 valence electrons. The lowest BCUT2D eigenvalue weighted by atomic mass is 10.2. The van der Waals surface area contributed by atoms with Gasteiger partial charge in [-0.05, 0) is 25.5 Å². The van der Waals surface area contributed by atoms with Gasteiger partial charge in [0.1, 0.15) is 5.75 Å². The Morgan fingerprint density at radius 1 is 1.28 bits per heavy atom. The Morgan fingerprint density at radius 3 is 2.56 bits per heavy atom. The molecule has 0 atom stereocenters. The number of rotatable bonds is 6. The van der Waals surface area contributed by atoms with Crippen molar-refractivity contribution in [2.45, 2.75) is 20.3 Å². The van der Waals surface area contributed by atoms with Crippen molar-refractivity contribution < 1.29 is 17.9 Å². The summed E-state index contributed by atoms with van der Waals surface area (Å²) >= 11 is 0. The Balaban J connectivity index is 2.91. The highest BCUT2D eigenvalue weighted by atomic mass is 32.2. The monoisotopic (exact) mass is 271 g/mol. The van der Waals surface area contributed by atoms with E-state index in [1.807, 2.05) is 4.72 Å². The molecule has 1 aromatic rings. The average Bonchev–Trinajstić information content (AvgIpc) is 2.29. The Morgan fingerprint density at radius 2 is 1.94 bits per heavy atom. The third-order valence-corrected chi connectivity index (χ3v) is 3.59. The summed E-state index contributed by atoms with van der Waals surface area (Å²) in [6.07, 6.45) is 0.454. The van der Waals surface area contributed by atoms with E-state index in [-0.39, 0.29) is 11.3 Å². The second-order valence-corrected chi connectivity index (χ2v) is 5.52. The van der Waals surface area contributed by atoms with Crippen LogP contribution in [0.2, 0.25) is 0 Å². The topological polar surface area (TPSA) is 72.5 Å². The molecule has 0 fully saturated rings. The summed E-state index contributed by atoms with van der Waals surface area (Å²) in [5.41, 5.74) is 0.221. The fourth-order valence-electron chi connectivity index (χ4n) is 1.45. The molecule has 0 aliphatic carbocycles. The standard InChI is InChI=1S/C12H17NO4S/c1-3-9-18(15,16)13-12(14)10-7-5-6-8-11(10)17-4-2/h5-8H,3-4,9H2,1-2H3,(H,13,14). The van der Waals surface area contributed by atoms with Gasteiger partial charge in [-0.3, -0.25) is 4.79 Å². The molecule has 1 amide bonds. The van der Waals surface area contributed by atoms with Crippen LogP contribution in [0.15, 0.2) is 24.3 Å². The van der Waals surface area contributed by atoms with Crippen molar-refractivity contribution >= 4 is 15.9 Å². The molecule has 5 nitrogen and oxygen atoms in total. The molecule has 0 unspecified atom stereocenters. The molecule has 0 bridgehead atoms. The SMILES string of the molecule is CCCS(=O)(=O)NC(=O)c1ccccc1OCC. The predicted molar refractivity (Wildman–Crippen MR) is 69.2 cm³/mol. The zero-order chi connectivity index (χ0) is 13.6. The van der Waals surface area contributed by atoms with Crippen molar-refractivity contribution in [2.75, 3.05) is 12.4 Å². The Kier molecular flexibility index (Phi) is 5.15. The number of sulfonamides is 1. The van der Waals surface area contributed by atoms with E-state index in [0.717, 1.165) is 0 Å². The second-order valence-electron chi connectivity index (χ2n) is 3.68. The number of carbonyl (C=O) groups is 1. The van der Waals surface area contributed by atoms with Gasteiger partial charge >= 0.3 is 0 Å². The number of hydrogen-bond donors (Lipinski definition) is 1. The van der Waals surface area contributed by atoms with Crippen LogP contribution in [0, 0.1) is 0 Å². The van der Waals surface area contributed by atoms with Crippen LogP contribution in [0.25, 0.3) is 0 Å². The first kappa shape index (κ1) is 14.5. The third kappa shape index (κ3) is 4.03. The lowest BCUT2D eigenvalue weighted by Crippen LogP contribution is -2.32. The minimum Gasteiger partial charge on any atom is -0.493 e. The van der Waals surface area contributed by atoms with Crippen LogP contribution < -0.4 is 9.46 Å². The molecule has 0 aliphatic rings. The summed E-state index contributed by atoms with van der Waals surface area (Å²) in [4.78, 5) is 11.9. The van der Waals surface area contributed by atoms with Crippen molar-refractivity contribution in [3.63, 3.8) is 0 Å². The lowest BCUT2D eigenvalue weighted by Gasteiger charge is -2.10. The smallest absolute Gasteiger partial charge is 0.268 e. The number of amides is 1. The number of hydrogen-bond acceptors (Lipinski definition) is 4. The van der Waals surface area contributed by atoms with E-state index in [2.05, 4.69) is 0 Å².